The summed E-state index contributed by atoms with van der Waals surface area (Å²) in [7, 11) is 0. The number of rotatable bonds is 2. The van der Waals surface area contributed by atoms with E-state index in [2.05, 4.69) is 27.5 Å². The fourth-order valence-corrected chi connectivity index (χ4v) is 2.82. The van der Waals surface area contributed by atoms with Crippen molar-refractivity contribution in [1.29, 1.82) is 0 Å². The molecule has 0 bridgehead atoms. The van der Waals surface area contributed by atoms with Crippen molar-refractivity contribution in [3.05, 3.63) is 42.0 Å². The number of piperidine rings is 1. The second-order valence-corrected chi connectivity index (χ2v) is 6.44. The summed E-state index contributed by atoms with van der Waals surface area (Å²) in [5.41, 5.74) is 6.26. The molecule has 0 spiro atoms. The van der Waals surface area contributed by atoms with Gasteiger partial charge in [0.2, 0.25) is 0 Å². The largest absolute Gasteiger partial charge is 0.355 e. The summed E-state index contributed by atoms with van der Waals surface area (Å²) >= 11 is 0. The first-order chi connectivity index (χ1) is 10.5. The lowest BCUT2D eigenvalue weighted by Gasteiger charge is -2.35. The minimum atomic E-state index is -0.265. The van der Waals surface area contributed by atoms with Gasteiger partial charge in [0.05, 0.1) is 23.1 Å². The molecule has 1 aromatic carbocycles. The normalized spacial score (nSPS) is 17.5. The molecular formula is C17H22FN4+. The van der Waals surface area contributed by atoms with E-state index in [0.29, 0.717) is 11.3 Å². The highest BCUT2D eigenvalue weighted by Crippen LogP contribution is 2.26. The second-order valence-electron chi connectivity index (χ2n) is 6.44. The van der Waals surface area contributed by atoms with Gasteiger partial charge in [-0.25, -0.2) is 9.37 Å². The Kier molecular flexibility index (Phi) is 3.83. The molecular weight excluding hydrogens is 279 g/mol. The van der Waals surface area contributed by atoms with E-state index < -0.39 is 0 Å². The Bertz CT molecular complexity index is 674. The summed E-state index contributed by atoms with van der Waals surface area (Å²) in [6.07, 6.45) is 3.84. The molecule has 3 rings (SSSR count). The van der Waals surface area contributed by atoms with E-state index in [1.807, 2.05) is 13.0 Å². The van der Waals surface area contributed by atoms with Gasteiger partial charge in [-0.1, -0.05) is 12.1 Å². The number of anilines is 1. The molecule has 1 aliphatic heterocycles. The number of benzene rings is 1. The number of hydrogen-bond acceptors (Lipinski definition) is 3. The molecule has 1 aliphatic rings. The molecule has 2 aromatic rings. The monoisotopic (exact) mass is 301 g/mol. The Labute approximate surface area is 130 Å². The van der Waals surface area contributed by atoms with Crippen LogP contribution in [0.4, 0.5) is 10.2 Å². The maximum Gasteiger partial charge on any atom is 0.147 e. The molecule has 4 nitrogen and oxygen atoms in total. The van der Waals surface area contributed by atoms with Gasteiger partial charge in [-0.05, 0) is 26.0 Å². The SMILES string of the molecule is Cc1nc(N2CCC(C)([NH3+])CC2)cnc1-c1ccccc1F. The Morgan fingerprint density at radius 2 is 1.91 bits per heavy atom. The molecule has 1 saturated heterocycles. The van der Waals surface area contributed by atoms with Gasteiger partial charge in [-0.3, -0.25) is 4.98 Å². The van der Waals surface area contributed by atoms with E-state index >= 15 is 0 Å². The topological polar surface area (TPSA) is 56.7 Å². The molecule has 0 amide bonds. The molecule has 1 fully saturated rings. The van der Waals surface area contributed by atoms with Crippen molar-refractivity contribution in [2.75, 3.05) is 18.0 Å². The van der Waals surface area contributed by atoms with Crippen molar-refractivity contribution in [3.8, 4) is 11.3 Å². The number of nitrogens with zero attached hydrogens (tertiary/aromatic N) is 3. The van der Waals surface area contributed by atoms with Gasteiger partial charge in [0.1, 0.15) is 11.6 Å². The molecule has 0 unspecified atom stereocenters. The van der Waals surface area contributed by atoms with Crippen molar-refractivity contribution in [2.45, 2.75) is 32.2 Å². The zero-order valence-corrected chi connectivity index (χ0v) is 13.1. The molecule has 5 heteroatoms. The summed E-state index contributed by atoms with van der Waals surface area (Å²) in [5, 5.41) is 0. The van der Waals surface area contributed by atoms with E-state index in [-0.39, 0.29) is 11.4 Å². The lowest BCUT2D eigenvalue weighted by Crippen LogP contribution is -2.73. The molecule has 2 heterocycles. The number of halogens is 1. The van der Waals surface area contributed by atoms with Crippen molar-refractivity contribution in [3.63, 3.8) is 0 Å². The first-order valence-electron chi connectivity index (χ1n) is 7.65. The van der Waals surface area contributed by atoms with Gasteiger partial charge >= 0.3 is 0 Å². The standard InChI is InChI=1S/C17H21FN4/c1-12-16(13-5-3-4-6-14(13)18)20-11-15(21-12)22-9-7-17(2,19)8-10-22/h3-6,11H,7-10,19H2,1-2H3/p+1. The summed E-state index contributed by atoms with van der Waals surface area (Å²) in [6.45, 7) is 5.95. The molecule has 0 radical (unpaired) electrons. The van der Waals surface area contributed by atoms with Gasteiger partial charge in [0, 0.05) is 31.5 Å². The maximum atomic E-state index is 13.9. The van der Waals surface area contributed by atoms with Crippen molar-refractivity contribution < 1.29 is 10.1 Å². The molecule has 22 heavy (non-hydrogen) atoms. The highest BCUT2D eigenvalue weighted by atomic mass is 19.1. The Hall–Kier alpha value is -2.01. The number of aryl methyl sites for hydroxylation is 1. The van der Waals surface area contributed by atoms with E-state index in [1.54, 1.807) is 18.3 Å². The first kappa shape index (κ1) is 14.9. The Balaban J connectivity index is 1.86. The van der Waals surface area contributed by atoms with Gasteiger partial charge < -0.3 is 10.6 Å². The number of aromatic nitrogens is 2. The predicted molar refractivity (Wildman–Crippen MR) is 84.9 cm³/mol. The van der Waals surface area contributed by atoms with Crippen LogP contribution in [0.5, 0.6) is 0 Å². The van der Waals surface area contributed by atoms with Crippen LogP contribution in [0, 0.1) is 12.7 Å². The van der Waals surface area contributed by atoms with E-state index in [1.165, 1.54) is 6.07 Å². The van der Waals surface area contributed by atoms with Crippen LogP contribution >= 0.6 is 0 Å². The van der Waals surface area contributed by atoms with E-state index in [4.69, 9.17) is 0 Å². The van der Waals surface area contributed by atoms with Gasteiger partial charge in [-0.2, -0.15) is 0 Å². The molecule has 116 valence electrons. The summed E-state index contributed by atoms with van der Waals surface area (Å²) in [6, 6.07) is 6.68. The van der Waals surface area contributed by atoms with Crippen LogP contribution in [0.1, 0.15) is 25.5 Å². The lowest BCUT2D eigenvalue weighted by molar-refractivity contribution is -0.475. The summed E-state index contributed by atoms with van der Waals surface area (Å²) < 4.78 is 13.9. The highest BCUT2D eigenvalue weighted by molar-refractivity contribution is 5.63. The minimum absolute atomic E-state index is 0.159. The van der Waals surface area contributed by atoms with Crippen molar-refractivity contribution >= 4 is 5.82 Å². The zero-order chi connectivity index (χ0) is 15.7. The fraction of sp³-hybridized carbons (Fsp3) is 0.412. The summed E-state index contributed by atoms with van der Waals surface area (Å²) in [5.74, 6) is 0.603. The highest BCUT2D eigenvalue weighted by Gasteiger charge is 2.30. The third-order valence-electron chi connectivity index (χ3n) is 4.36. The molecule has 3 N–H and O–H groups in total. The molecule has 0 aliphatic carbocycles. The van der Waals surface area contributed by atoms with Crippen LogP contribution in [0.3, 0.4) is 0 Å². The fourth-order valence-electron chi connectivity index (χ4n) is 2.82. The molecule has 0 saturated carbocycles. The van der Waals surface area contributed by atoms with Crippen LogP contribution in [-0.2, 0) is 0 Å². The van der Waals surface area contributed by atoms with Crippen molar-refractivity contribution in [1.82, 2.24) is 9.97 Å². The van der Waals surface area contributed by atoms with Crippen molar-refractivity contribution in [2.24, 2.45) is 0 Å². The molecule has 1 aromatic heterocycles. The van der Waals surface area contributed by atoms with Crippen LogP contribution in [0.25, 0.3) is 11.3 Å². The van der Waals surface area contributed by atoms with E-state index in [9.17, 15) is 4.39 Å². The Morgan fingerprint density at radius 3 is 2.55 bits per heavy atom. The van der Waals surface area contributed by atoms with Crippen LogP contribution in [0.15, 0.2) is 30.5 Å². The number of quaternary nitrogens is 1. The molecule has 0 atom stereocenters. The van der Waals surface area contributed by atoms with Gasteiger partial charge in [0.15, 0.2) is 0 Å². The second kappa shape index (κ2) is 5.65. The van der Waals surface area contributed by atoms with Crippen LogP contribution in [-0.4, -0.2) is 28.6 Å². The van der Waals surface area contributed by atoms with Gasteiger partial charge in [0.25, 0.3) is 0 Å². The van der Waals surface area contributed by atoms with Crippen LogP contribution < -0.4 is 10.6 Å². The number of hydrogen-bond donors (Lipinski definition) is 1. The smallest absolute Gasteiger partial charge is 0.147 e. The van der Waals surface area contributed by atoms with Crippen LogP contribution in [0.2, 0.25) is 0 Å². The lowest BCUT2D eigenvalue weighted by atomic mass is 9.91. The van der Waals surface area contributed by atoms with E-state index in [0.717, 1.165) is 37.4 Å². The average molecular weight is 301 g/mol. The Morgan fingerprint density at radius 1 is 1.23 bits per heavy atom. The zero-order valence-electron chi connectivity index (χ0n) is 13.1. The average Bonchev–Trinajstić information content (AvgIpc) is 2.48. The minimum Gasteiger partial charge on any atom is -0.355 e. The van der Waals surface area contributed by atoms with Gasteiger partial charge in [-0.15, -0.1) is 0 Å². The third-order valence-corrected chi connectivity index (χ3v) is 4.36. The summed E-state index contributed by atoms with van der Waals surface area (Å²) in [4.78, 5) is 11.3. The first-order valence-corrected chi connectivity index (χ1v) is 7.65. The maximum absolute atomic E-state index is 13.9. The quantitative estimate of drug-likeness (QED) is 0.925. The third kappa shape index (κ3) is 2.95. The predicted octanol–water partition coefficient (Wildman–Crippen LogP) is 2.19.